The fourth-order valence-corrected chi connectivity index (χ4v) is 1.21. The topological polar surface area (TPSA) is 90.8 Å². The Kier molecular flexibility index (Phi) is 5.46. The molecule has 0 aromatic carbocycles. The molecule has 1 rings (SSSR count). The van der Waals surface area contributed by atoms with E-state index in [-0.39, 0.29) is 5.56 Å². The summed E-state index contributed by atoms with van der Waals surface area (Å²) < 4.78 is 13.1. The van der Waals surface area contributed by atoms with Crippen molar-refractivity contribution in [2.75, 3.05) is 13.1 Å². The predicted octanol–water partition coefficient (Wildman–Crippen LogP) is 2.04. The van der Waals surface area contributed by atoms with Crippen LogP contribution in [0, 0.1) is 5.82 Å². The molecule has 0 aliphatic rings. The zero-order valence-electron chi connectivity index (χ0n) is 9.14. The van der Waals surface area contributed by atoms with Gasteiger partial charge in [0.1, 0.15) is 0 Å². The first-order chi connectivity index (χ1) is 8.25. The fourth-order valence-electron chi connectivity index (χ4n) is 1.21. The summed E-state index contributed by atoms with van der Waals surface area (Å²) in [6, 6.07) is 1.32. The SMILES string of the molecule is [N-]=[N+]=NCCCCNC(=O)c1ccncc1F. The number of hydrogen-bond donors (Lipinski definition) is 1. The lowest BCUT2D eigenvalue weighted by Crippen LogP contribution is -2.25. The summed E-state index contributed by atoms with van der Waals surface area (Å²) in [4.78, 5) is 17.7. The van der Waals surface area contributed by atoms with Crippen LogP contribution in [0.4, 0.5) is 4.39 Å². The van der Waals surface area contributed by atoms with Crippen molar-refractivity contribution in [1.82, 2.24) is 10.3 Å². The van der Waals surface area contributed by atoms with E-state index in [1.165, 1.54) is 12.3 Å². The summed E-state index contributed by atoms with van der Waals surface area (Å²) in [5.41, 5.74) is 8.01. The third-order valence-corrected chi connectivity index (χ3v) is 2.05. The summed E-state index contributed by atoms with van der Waals surface area (Å²) in [7, 11) is 0. The molecule has 6 nitrogen and oxygen atoms in total. The maximum atomic E-state index is 13.1. The summed E-state index contributed by atoms with van der Waals surface area (Å²) >= 11 is 0. The molecule has 1 amide bonds. The minimum atomic E-state index is -0.640. The molecule has 1 heterocycles. The van der Waals surface area contributed by atoms with Crippen molar-refractivity contribution in [3.05, 3.63) is 40.3 Å². The average molecular weight is 237 g/mol. The number of azide groups is 1. The maximum absolute atomic E-state index is 13.1. The number of amides is 1. The van der Waals surface area contributed by atoms with Crippen molar-refractivity contribution >= 4 is 5.91 Å². The zero-order chi connectivity index (χ0) is 12.5. The van der Waals surface area contributed by atoms with E-state index >= 15 is 0 Å². The average Bonchev–Trinajstić information content (AvgIpc) is 2.34. The van der Waals surface area contributed by atoms with Gasteiger partial charge in [-0.15, -0.1) is 0 Å². The molecule has 0 spiro atoms. The molecule has 1 aromatic heterocycles. The Morgan fingerprint density at radius 1 is 1.59 bits per heavy atom. The number of rotatable bonds is 6. The minimum absolute atomic E-state index is 0.0185. The summed E-state index contributed by atoms with van der Waals surface area (Å²) in [5.74, 6) is -1.10. The van der Waals surface area contributed by atoms with Gasteiger partial charge in [-0.05, 0) is 24.4 Å². The minimum Gasteiger partial charge on any atom is -0.352 e. The lowest BCUT2D eigenvalue weighted by Gasteiger charge is -2.04. The summed E-state index contributed by atoms with van der Waals surface area (Å²) in [6.45, 7) is 0.817. The van der Waals surface area contributed by atoms with Crippen LogP contribution in [0.2, 0.25) is 0 Å². The molecule has 0 aliphatic carbocycles. The molecule has 0 saturated carbocycles. The van der Waals surface area contributed by atoms with Crippen LogP contribution in [-0.2, 0) is 0 Å². The molecule has 1 aromatic rings. The van der Waals surface area contributed by atoms with Gasteiger partial charge in [-0.25, -0.2) is 4.39 Å². The van der Waals surface area contributed by atoms with E-state index in [0.717, 1.165) is 6.20 Å². The van der Waals surface area contributed by atoms with Crippen molar-refractivity contribution in [2.45, 2.75) is 12.8 Å². The highest BCUT2D eigenvalue weighted by molar-refractivity contribution is 5.94. The largest absolute Gasteiger partial charge is 0.352 e. The van der Waals surface area contributed by atoms with Gasteiger partial charge < -0.3 is 5.32 Å². The molecule has 0 unspecified atom stereocenters. The number of pyridine rings is 1. The number of nitrogens with zero attached hydrogens (tertiary/aromatic N) is 4. The van der Waals surface area contributed by atoms with Crippen molar-refractivity contribution < 1.29 is 9.18 Å². The number of nitrogens with one attached hydrogen (secondary N) is 1. The van der Waals surface area contributed by atoms with E-state index in [0.29, 0.717) is 25.9 Å². The number of unbranched alkanes of at least 4 members (excludes halogenated alkanes) is 1. The summed E-state index contributed by atoms with van der Waals surface area (Å²) in [6.07, 6.45) is 3.72. The molecule has 1 N–H and O–H groups in total. The van der Waals surface area contributed by atoms with Gasteiger partial charge in [0.05, 0.1) is 11.8 Å². The van der Waals surface area contributed by atoms with E-state index < -0.39 is 11.7 Å². The lowest BCUT2D eigenvalue weighted by atomic mass is 10.2. The highest BCUT2D eigenvalue weighted by Gasteiger charge is 2.09. The third kappa shape index (κ3) is 4.48. The van der Waals surface area contributed by atoms with Crippen LogP contribution in [0.15, 0.2) is 23.6 Å². The molecule has 17 heavy (non-hydrogen) atoms. The first kappa shape index (κ1) is 12.9. The summed E-state index contributed by atoms with van der Waals surface area (Å²) in [5, 5.41) is 5.94. The van der Waals surface area contributed by atoms with Gasteiger partial charge >= 0.3 is 0 Å². The third-order valence-electron chi connectivity index (χ3n) is 2.05. The van der Waals surface area contributed by atoms with Crippen LogP contribution in [0.3, 0.4) is 0 Å². The highest BCUT2D eigenvalue weighted by Crippen LogP contribution is 2.03. The van der Waals surface area contributed by atoms with Crippen LogP contribution in [-0.4, -0.2) is 24.0 Å². The molecule has 0 atom stereocenters. The Labute approximate surface area is 97.5 Å². The van der Waals surface area contributed by atoms with E-state index in [2.05, 4.69) is 20.3 Å². The second-order valence-electron chi connectivity index (χ2n) is 3.27. The Morgan fingerprint density at radius 3 is 3.12 bits per heavy atom. The normalized spacial score (nSPS) is 9.47. The van der Waals surface area contributed by atoms with E-state index in [1.807, 2.05) is 0 Å². The lowest BCUT2D eigenvalue weighted by molar-refractivity contribution is 0.0949. The molecule has 0 aliphatic heterocycles. The van der Waals surface area contributed by atoms with E-state index in [4.69, 9.17) is 5.53 Å². The number of hydrogen-bond acceptors (Lipinski definition) is 3. The van der Waals surface area contributed by atoms with Gasteiger partial charge in [-0.1, -0.05) is 5.11 Å². The van der Waals surface area contributed by atoms with Gasteiger partial charge in [-0.3, -0.25) is 9.78 Å². The highest BCUT2D eigenvalue weighted by atomic mass is 19.1. The molecular weight excluding hydrogens is 225 g/mol. The number of carbonyl (C=O) groups excluding carboxylic acids is 1. The Hall–Kier alpha value is -2.14. The maximum Gasteiger partial charge on any atom is 0.254 e. The van der Waals surface area contributed by atoms with Gasteiger partial charge in [0, 0.05) is 24.2 Å². The molecule has 0 bridgehead atoms. The molecule has 90 valence electrons. The number of halogens is 1. The van der Waals surface area contributed by atoms with Gasteiger partial charge in [0.2, 0.25) is 0 Å². The Balaban J connectivity index is 2.31. The fraction of sp³-hybridized carbons (Fsp3) is 0.400. The van der Waals surface area contributed by atoms with Crippen molar-refractivity contribution in [3.63, 3.8) is 0 Å². The van der Waals surface area contributed by atoms with E-state index in [1.54, 1.807) is 0 Å². The van der Waals surface area contributed by atoms with Crippen molar-refractivity contribution in [1.29, 1.82) is 0 Å². The van der Waals surface area contributed by atoms with Crippen LogP contribution in [0.1, 0.15) is 23.2 Å². The zero-order valence-corrected chi connectivity index (χ0v) is 9.14. The molecule has 0 fully saturated rings. The van der Waals surface area contributed by atoms with Crippen LogP contribution >= 0.6 is 0 Å². The molecule has 7 heteroatoms. The molecule has 0 saturated heterocycles. The Morgan fingerprint density at radius 2 is 2.41 bits per heavy atom. The van der Waals surface area contributed by atoms with Crippen molar-refractivity contribution in [2.24, 2.45) is 5.11 Å². The second-order valence-corrected chi connectivity index (χ2v) is 3.27. The van der Waals surface area contributed by atoms with Gasteiger partial charge in [0.15, 0.2) is 5.82 Å². The van der Waals surface area contributed by atoms with Gasteiger partial charge in [0.25, 0.3) is 5.91 Å². The number of carbonyl (C=O) groups is 1. The second kappa shape index (κ2) is 7.19. The van der Waals surface area contributed by atoms with Crippen LogP contribution in [0.25, 0.3) is 10.4 Å². The first-order valence-electron chi connectivity index (χ1n) is 5.14. The standard InChI is InChI=1S/C10H12FN5O/c11-9-7-13-6-3-8(9)10(17)14-4-1-2-5-15-16-12/h3,6-7H,1-2,4-5H2,(H,14,17). The van der Waals surface area contributed by atoms with Gasteiger partial charge in [-0.2, -0.15) is 0 Å². The van der Waals surface area contributed by atoms with Crippen molar-refractivity contribution in [3.8, 4) is 0 Å². The molecular formula is C10H12FN5O. The van der Waals surface area contributed by atoms with Crippen LogP contribution in [0.5, 0.6) is 0 Å². The number of aromatic nitrogens is 1. The quantitative estimate of drug-likeness (QED) is 0.355. The van der Waals surface area contributed by atoms with E-state index in [9.17, 15) is 9.18 Å². The predicted molar refractivity (Wildman–Crippen MR) is 59.8 cm³/mol. The Bertz CT molecular complexity index is 430. The molecule has 0 radical (unpaired) electrons. The smallest absolute Gasteiger partial charge is 0.254 e. The monoisotopic (exact) mass is 237 g/mol. The van der Waals surface area contributed by atoms with Crippen LogP contribution < -0.4 is 5.32 Å². The first-order valence-corrected chi connectivity index (χ1v) is 5.14.